The lowest BCUT2D eigenvalue weighted by Gasteiger charge is -2.82. The monoisotopic (exact) mass is 430 g/mol. The molecular weight excluding hydrogens is 400 g/mol. The second-order valence-electron chi connectivity index (χ2n) is 12.2. The van der Waals surface area contributed by atoms with Crippen LogP contribution in [0.2, 0.25) is 0 Å². The van der Waals surface area contributed by atoms with Crippen LogP contribution in [-0.4, -0.2) is 58.3 Å². The zero-order chi connectivity index (χ0) is 22.1. The number of rotatable bonds is 2. The van der Waals surface area contributed by atoms with Gasteiger partial charge < -0.3 is 24.4 Å². The van der Waals surface area contributed by atoms with Gasteiger partial charge in [0.15, 0.2) is 17.4 Å². The highest BCUT2D eigenvalue weighted by Crippen LogP contribution is 2.84. The van der Waals surface area contributed by atoms with E-state index < -0.39 is 45.9 Å². The molecule has 3 heterocycles. The van der Waals surface area contributed by atoms with Gasteiger partial charge in [0.1, 0.15) is 12.2 Å². The van der Waals surface area contributed by atoms with Crippen molar-refractivity contribution >= 4 is 11.6 Å². The molecule has 31 heavy (non-hydrogen) atoms. The zero-order valence-electron chi connectivity index (χ0n) is 18.4. The van der Waals surface area contributed by atoms with Crippen molar-refractivity contribution in [2.75, 3.05) is 6.61 Å². The lowest BCUT2D eigenvalue weighted by molar-refractivity contribution is -0.493. The van der Waals surface area contributed by atoms with Crippen LogP contribution in [0.5, 0.6) is 0 Å². The van der Waals surface area contributed by atoms with Gasteiger partial charge >= 0.3 is 0 Å². The van der Waals surface area contributed by atoms with E-state index in [1.54, 1.807) is 0 Å². The molecule has 8 fully saturated rings. The number of ether oxygens (including phenoxy) is 3. The molecule has 0 amide bonds. The molecule has 7 heteroatoms. The smallest absolute Gasteiger partial charge is 0.211 e. The minimum absolute atomic E-state index is 0.0188. The molecule has 0 aromatic rings. The number of hydrogen-bond acceptors (Lipinski definition) is 7. The first-order chi connectivity index (χ1) is 14.4. The van der Waals surface area contributed by atoms with Gasteiger partial charge in [-0.05, 0) is 44.4 Å². The van der Waals surface area contributed by atoms with Gasteiger partial charge in [-0.3, -0.25) is 9.59 Å². The largest absolute Gasteiger partial charge is 0.387 e. The van der Waals surface area contributed by atoms with Crippen LogP contribution in [0.25, 0.3) is 0 Å². The van der Waals surface area contributed by atoms with Crippen molar-refractivity contribution < 1.29 is 34.0 Å². The molecule has 3 unspecified atom stereocenters. The number of aliphatic hydroxyl groups excluding tert-OH is 1. The van der Waals surface area contributed by atoms with Crippen LogP contribution in [0.15, 0.2) is 12.2 Å². The topological polar surface area (TPSA) is 106 Å². The highest BCUT2D eigenvalue weighted by Gasteiger charge is 2.94. The SMILES string of the molecule is C=C1C2C(=O)[C@]34[C@H]2[C@H]1CC[C@H]3[C@@]12CO[C@]4(OC(C)(C)O)[C@@H](O)[C@@H]1C(C)(C)C1OC1C2=O. The Morgan fingerprint density at radius 1 is 1.19 bits per heavy atom. The van der Waals surface area contributed by atoms with Crippen molar-refractivity contribution in [2.45, 2.75) is 70.4 Å². The molecule has 2 bridgehead atoms. The van der Waals surface area contributed by atoms with E-state index in [0.717, 1.165) is 12.0 Å². The Morgan fingerprint density at radius 3 is 2.58 bits per heavy atom. The number of carbonyl (C=O) groups excluding carboxylic acids is 2. The fourth-order valence-electron chi connectivity index (χ4n) is 9.61. The van der Waals surface area contributed by atoms with Crippen molar-refractivity contribution in [3.05, 3.63) is 12.2 Å². The van der Waals surface area contributed by atoms with Gasteiger partial charge in [0.05, 0.1) is 23.5 Å². The molecule has 8 aliphatic rings. The summed E-state index contributed by atoms with van der Waals surface area (Å²) in [5.74, 6) is -4.27. The molecule has 3 saturated heterocycles. The highest BCUT2D eigenvalue weighted by atomic mass is 16.8. The Kier molecular flexibility index (Phi) is 3.04. The molecule has 0 aromatic heterocycles. The summed E-state index contributed by atoms with van der Waals surface area (Å²) in [5.41, 5.74) is -1.65. The fourth-order valence-corrected chi connectivity index (χ4v) is 9.61. The number of carbonyl (C=O) groups is 2. The number of fused-ring (bicyclic) bond motifs is 2. The Balaban J connectivity index is 1.51. The van der Waals surface area contributed by atoms with Crippen LogP contribution in [0, 0.1) is 45.8 Å². The van der Waals surface area contributed by atoms with E-state index in [-0.39, 0.29) is 47.9 Å². The maximum Gasteiger partial charge on any atom is 0.211 e. The summed E-state index contributed by atoms with van der Waals surface area (Å²) >= 11 is 0. The maximum atomic E-state index is 13.9. The van der Waals surface area contributed by atoms with Crippen LogP contribution >= 0.6 is 0 Å². The first-order valence-corrected chi connectivity index (χ1v) is 11.5. The third-order valence-electron chi connectivity index (χ3n) is 10.3. The van der Waals surface area contributed by atoms with Gasteiger partial charge in [0.2, 0.25) is 5.79 Å². The molecule has 168 valence electrons. The van der Waals surface area contributed by atoms with E-state index in [2.05, 4.69) is 6.58 Å². The van der Waals surface area contributed by atoms with E-state index in [1.165, 1.54) is 13.8 Å². The van der Waals surface area contributed by atoms with Gasteiger partial charge in [-0.25, -0.2) is 0 Å². The van der Waals surface area contributed by atoms with Crippen LogP contribution in [0.1, 0.15) is 40.5 Å². The summed E-state index contributed by atoms with van der Waals surface area (Å²) in [6, 6.07) is 0. The predicted molar refractivity (Wildman–Crippen MR) is 105 cm³/mol. The van der Waals surface area contributed by atoms with Crippen molar-refractivity contribution in [1.82, 2.24) is 0 Å². The summed E-state index contributed by atoms with van der Waals surface area (Å²) in [6.07, 6.45) is -0.401. The van der Waals surface area contributed by atoms with E-state index in [4.69, 9.17) is 14.2 Å². The summed E-state index contributed by atoms with van der Waals surface area (Å²) in [7, 11) is 0. The highest BCUT2D eigenvalue weighted by molar-refractivity contribution is 6.03. The van der Waals surface area contributed by atoms with Crippen LogP contribution in [0.3, 0.4) is 0 Å². The first kappa shape index (κ1) is 19.4. The standard InChI is InChI=1S/C24H30O7/c1-9-10-6-7-11-22-8-29-24(31-21(4,5)28,23(11)13(10)12(9)16(23)25)18(27)15(22)20(2,3)19-14(30-19)17(22)26/h10-15,18-19,27-28H,1,6-8H2,2-5H3/t10-,11-,12?,13-,14?,15+,18-,19?,22-,23+,24-/m0/s1. The summed E-state index contributed by atoms with van der Waals surface area (Å²) in [4.78, 5) is 27.8. The lowest BCUT2D eigenvalue weighted by Crippen LogP contribution is -2.93. The van der Waals surface area contributed by atoms with Gasteiger partial charge in [-0.2, -0.15) is 0 Å². The average molecular weight is 430 g/mol. The summed E-state index contributed by atoms with van der Waals surface area (Å²) in [6.45, 7) is 11.3. The molecule has 0 radical (unpaired) electrons. The number of aliphatic hydroxyl groups is 2. The summed E-state index contributed by atoms with van der Waals surface area (Å²) < 4.78 is 18.4. The number of epoxide rings is 1. The van der Waals surface area contributed by atoms with E-state index in [0.29, 0.717) is 6.42 Å². The predicted octanol–water partition coefficient (Wildman–Crippen LogP) is 1.21. The van der Waals surface area contributed by atoms with Crippen molar-refractivity contribution in [3.63, 3.8) is 0 Å². The zero-order valence-corrected chi connectivity index (χ0v) is 18.4. The second kappa shape index (κ2) is 4.87. The van der Waals surface area contributed by atoms with E-state index >= 15 is 0 Å². The normalized spacial score (nSPS) is 59.6. The minimum Gasteiger partial charge on any atom is -0.387 e. The average Bonchev–Trinajstić information content (AvgIpc) is 3.46. The molecule has 8 rings (SSSR count). The number of Topliss-reactive ketones (excluding diaryl/α,β-unsaturated/α-hetero) is 2. The van der Waals surface area contributed by atoms with Crippen LogP contribution in [0.4, 0.5) is 0 Å². The van der Waals surface area contributed by atoms with Gasteiger partial charge in [-0.15, -0.1) is 0 Å². The molecule has 2 spiro atoms. The first-order valence-electron chi connectivity index (χ1n) is 11.5. The molecule has 0 aromatic carbocycles. The number of ketones is 2. The number of hydrogen-bond donors (Lipinski definition) is 2. The third-order valence-corrected chi connectivity index (χ3v) is 10.3. The Morgan fingerprint density at radius 2 is 1.90 bits per heavy atom. The van der Waals surface area contributed by atoms with Crippen molar-refractivity contribution in [3.8, 4) is 0 Å². The molecule has 5 aliphatic carbocycles. The molecular formula is C24H30O7. The third kappa shape index (κ3) is 1.61. The van der Waals surface area contributed by atoms with Crippen molar-refractivity contribution in [1.29, 1.82) is 0 Å². The summed E-state index contributed by atoms with van der Waals surface area (Å²) in [5, 5.41) is 22.7. The lowest BCUT2D eigenvalue weighted by atomic mass is 9.23. The van der Waals surface area contributed by atoms with Gasteiger partial charge in [0.25, 0.3) is 0 Å². The van der Waals surface area contributed by atoms with E-state index in [1.807, 2.05) is 13.8 Å². The molecule has 5 saturated carbocycles. The van der Waals surface area contributed by atoms with Gasteiger partial charge in [-0.1, -0.05) is 26.0 Å². The Labute approximate surface area is 181 Å². The Bertz CT molecular complexity index is 979. The van der Waals surface area contributed by atoms with Crippen LogP contribution < -0.4 is 0 Å². The molecule has 7 nitrogen and oxygen atoms in total. The van der Waals surface area contributed by atoms with E-state index in [9.17, 15) is 19.8 Å². The van der Waals surface area contributed by atoms with Crippen molar-refractivity contribution in [2.24, 2.45) is 45.8 Å². The Hall–Kier alpha value is -1.12. The molecule has 3 aliphatic heterocycles. The molecule has 2 N–H and O–H groups in total. The fraction of sp³-hybridized carbons (Fsp3) is 0.833. The molecule has 11 atom stereocenters. The number of allylic oxidation sites excluding steroid dienone is 1. The minimum atomic E-state index is -1.68. The second-order valence-corrected chi connectivity index (χ2v) is 12.2. The maximum absolute atomic E-state index is 13.9. The quantitative estimate of drug-likeness (QED) is 0.385. The van der Waals surface area contributed by atoms with Crippen LogP contribution in [-0.2, 0) is 23.8 Å². The van der Waals surface area contributed by atoms with Gasteiger partial charge in [0, 0.05) is 17.3 Å².